The predicted octanol–water partition coefficient (Wildman–Crippen LogP) is 3.94. The number of hydrogen-bond acceptors (Lipinski definition) is 1. The topological polar surface area (TPSA) is 26.0 Å². The SMILES string of the molecule is Cc1ccc(C(N)C2CC2c2ccccc2)cc1F. The summed E-state index contributed by atoms with van der Waals surface area (Å²) < 4.78 is 13.6. The van der Waals surface area contributed by atoms with Crippen molar-refractivity contribution in [2.45, 2.75) is 25.3 Å². The molecule has 0 spiro atoms. The molecule has 3 unspecified atom stereocenters. The summed E-state index contributed by atoms with van der Waals surface area (Å²) in [5.74, 6) is 0.801. The van der Waals surface area contributed by atoms with Crippen LogP contribution >= 0.6 is 0 Å². The lowest BCUT2D eigenvalue weighted by Gasteiger charge is -2.13. The zero-order valence-corrected chi connectivity index (χ0v) is 11.0. The van der Waals surface area contributed by atoms with Gasteiger partial charge in [0.05, 0.1) is 0 Å². The Morgan fingerprint density at radius 3 is 2.58 bits per heavy atom. The van der Waals surface area contributed by atoms with Gasteiger partial charge in [-0.25, -0.2) is 4.39 Å². The lowest BCUT2D eigenvalue weighted by Crippen LogP contribution is -2.13. The molecule has 3 rings (SSSR count). The molecule has 0 aliphatic heterocycles. The first-order valence-corrected chi connectivity index (χ1v) is 6.73. The van der Waals surface area contributed by atoms with Gasteiger partial charge in [-0.2, -0.15) is 0 Å². The third-order valence-corrected chi connectivity index (χ3v) is 4.11. The van der Waals surface area contributed by atoms with Crippen LogP contribution in [-0.4, -0.2) is 0 Å². The molecule has 0 aromatic heterocycles. The van der Waals surface area contributed by atoms with Crippen molar-refractivity contribution in [3.05, 3.63) is 71.0 Å². The molecule has 2 heteroatoms. The van der Waals surface area contributed by atoms with Crippen molar-refractivity contribution < 1.29 is 4.39 Å². The molecule has 2 N–H and O–H groups in total. The van der Waals surface area contributed by atoms with Gasteiger partial charge in [0.2, 0.25) is 0 Å². The summed E-state index contributed by atoms with van der Waals surface area (Å²) in [6.07, 6.45) is 1.10. The van der Waals surface area contributed by atoms with E-state index in [-0.39, 0.29) is 11.9 Å². The molecule has 3 atom stereocenters. The van der Waals surface area contributed by atoms with Gasteiger partial charge in [0.15, 0.2) is 0 Å². The van der Waals surface area contributed by atoms with Crippen LogP contribution in [0.25, 0.3) is 0 Å². The predicted molar refractivity (Wildman–Crippen MR) is 75.4 cm³/mol. The van der Waals surface area contributed by atoms with Crippen LogP contribution in [0.4, 0.5) is 4.39 Å². The lowest BCUT2D eigenvalue weighted by molar-refractivity contribution is 0.588. The van der Waals surface area contributed by atoms with Gasteiger partial charge in [-0.05, 0) is 47.9 Å². The normalized spacial score (nSPS) is 23.1. The van der Waals surface area contributed by atoms with Crippen LogP contribution in [0.15, 0.2) is 48.5 Å². The summed E-state index contributed by atoms with van der Waals surface area (Å²) >= 11 is 0. The Labute approximate surface area is 113 Å². The molecule has 2 aromatic rings. The Bertz CT molecular complexity index is 579. The Balaban J connectivity index is 1.76. The minimum atomic E-state index is -0.162. The van der Waals surface area contributed by atoms with Crippen LogP contribution in [0, 0.1) is 18.7 Å². The van der Waals surface area contributed by atoms with Gasteiger partial charge in [-0.15, -0.1) is 0 Å². The maximum atomic E-state index is 13.6. The maximum absolute atomic E-state index is 13.6. The zero-order valence-electron chi connectivity index (χ0n) is 11.0. The standard InChI is InChI=1S/C17H18FN/c1-11-7-8-13(9-16(11)18)17(19)15-10-14(15)12-5-3-2-4-6-12/h2-9,14-15,17H,10,19H2,1H3. The molecule has 1 aliphatic rings. The van der Waals surface area contributed by atoms with E-state index in [4.69, 9.17) is 5.73 Å². The van der Waals surface area contributed by atoms with Crippen molar-refractivity contribution in [1.29, 1.82) is 0 Å². The minimum Gasteiger partial charge on any atom is -0.324 e. The molecule has 0 amide bonds. The van der Waals surface area contributed by atoms with Crippen molar-refractivity contribution in [3.63, 3.8) is 0 Å². The molecule has 0 heterocycles. The van der Waals surface area contributed by atoms with E-state index in [1.807, 2.05) is 18.2 Å². The fourth-order valence-electron chi connectivity index (χ4n) is 2.76. The van der Waals surface area contributed by atoms with Gasteiger partial charge in [-0.1, -0.05) is 42.5 Å². The largest absolute Gasteiger partial charge is 0.324 e. The molecule has 0 radical (unpaired) electrons. The highest BCUT2D eigenvalue weighted by atomic mass is 19.1. The Hall–Kier alpha value is -1.67. The minimum absolute atomic E-state index is 0.0692. The zero-order chi connectivity index (χ0) is 13.4. The van der Waals surface area contributed by atoms with Crippen LogP contribution in [0.3, 0.4) is 0 Å². The Morgan fingerprint density at radius 2 is 1.89 bits per heavy atom. The van der Waals surface area contributed by atoms with Crippen molar-refractivity contribution >= 4 is 0 Å². The summed E-state index contributed by atoms with van der Waals surface area (Å²) in [6, 6.07) is 15.7. The quantitative estimate of drug-likeness (QED) is 0.883. The van der Waals surface area contributed by atoms with Crippen LogP contribution < -0.4 is 5.73 Å². The van der Waals surface area contributed by atoms with Gasteiger partial charge >= 0.3 is 0 Å². The number of rotatable bonds is 3. The highest BCUT2D eigenvalue weighted by Crippen LogP contribution is 2.53. The van der Waals surface area contributed by atoms with E-state index in [1.54, 1.807) is 13.0 Å². The molecule has 0 bridgehead atoms. The fraction of sp³-hybridized carbons (Fsp3) is 0.294. The molecule has 1 saturated carbocycles. The van der Waals surface area contributed by atoms with E-state index in [0.29, 0.717) is 17.4 Å². The fourth-order valence-corrected chi connectivity index (χ4v) is 2.76. The first kappa shape index (κ1) is 12.4. The molecule has 19 heavy (non-hydrogen) atoms. The average Bonchev–Trinajstić information content (AvgIpc) is 3.22. The molecule has 98 valence electrons. The van der Waals surface area contributed by atoms with E-state index in [1.165, 1.54) is 5.56 Å². The van der Waals surface area contributed by atoms with Crippen LogP contribution in [0.2, 0.25) is 0 Å². The number of hydrogen-bond donors (Lipinski definition) is 1. The second-order valence-electron chi connectivity index (χ2n) is 5.45. The molecule has 1 aliphatic carbocycles. The smallest absolute Gasteiger partial charge is 0.126 e. The summed E-state index contributed by atoms with van der Waals surface area (Å²) in [5.41, 5.74) is 9.20. The van der Waals surface area contributed by atoms with Gasteiger partial charge in [-0.3, -0.25) is 0 Å². The molecule has 2 aromatic carbocycles. The van der Waals surface area contributed by atoms with Crippen molar-refractivity contribution in [1.82, 2.24) is 0 Å². The lowest BCUT2D eigenvalue weighted by atomic mass is 9.98. The number of benzene rings is 2. The first-order chi connectivity index (χ1) is 9.16. The first-order valence-electron chi connectivity index (χ1n) is 6.73. The number of nitrogens with two attached hydrogens (primary N) is 1. The number of halogens is 1. The highest BCUT2D eigenvalue weighted by Gasteiger charge is 2.42. The summed E-state index contributed by atoms with van der Waals surface area (Å²) in [6.45, 7) is 1.77. The van der Waals surface area contributed by atoms with E-state index < -0.39 is 0 Å². The molecule has 1 nitrogen and oxygen atoms in total. The summed E-state index contributed by atoms with van der Waals surface area (Å²) in [4.78, 5) is 0. The highest BCUT2D eigenvalue weighted by molar-refractivity contribution is 5.32. The van der Waals surface area contributed by atoms with Gasteiger partial charge < -0.3 is 5.73 Å². The van der Waals surface area contributed by atoms with Crippen molar-refractivity contribution in [3.8, 4) is 0 Å². The van der Waals surface area contributed by atoms with Crippen molar-refractivity contribution in [2.24, 2.45) is 11.7 Å². The van der Waals surface area contributed by atoms with Crippen LogP contribution in [0.1, 0.15) is 35.1 Å². The maximum Gasteiger partial charge on any atom is 0.126 e. The third kappa shape index (κ3) is 2.41. The van der Waals surface area contributed by atoms with Crippen LogP contribution in [0.5, 0.6) is 0 Å². The average molecular weight is 255 g/mol. The van der Waals surface area contributed by atoms with E-state index in [9.17, 15) is 4.39 Å². The van der Waals surface area contributed by atoms with Gasteiger partial charge in [0, 0.05) is 6.04 Å². The van der Waals surface area contributed by atoms with Crippen LogP contribution in [-0.2, 0) is 0 Å². The molecular weight excluding hydrogens is 237 g/mol. The monoisotopic (exact) mass is 255 g/mol. The Kier molecular flexibility index (Phi) is 3.11. The van der Waals surface area contributed by atoms with E-state index >= 15 is 0 Å². The van der Waals surface area contributed by atoms with E-state index in [2.05, 4.69) is 24.3 Å². The summed E-state index contributed by atoms with van der Waals surface area (Å²) in [7, 11) is 0. The van der Waals surface area contributed by atoms with Gasteiger partial charge in [0.25, 0.3) is 0 Å². The molecule has 1 fully saturated rings. The third-order valence-electron chi connectivity index (χ3n) is 4.11. The molecule has 0 saturated heterocycles. The van der Waals surface area contributed by atoms with Gasteiger partial charge in [0.1, 0.15) is 5.82 Å². The van der Waals surface area contributed by atoms with Crippen molar-refractivity contribution in [2.75, 3.05) is 0 Å². The second kappa shape index (κ2) is 4.78. The number of aryl methyl sites for hydroxylation is 1. The molecular formula is C17H18FN. The van der Waals surface area contributed by atoms with E-state index in [0.717, 1.165) is 12.0 Å². The summed E-state index contributed by atoms with van der Waals surface area (Å²) in [5, 5.41) is 0. The second-order valence-corrected chi connectivity index (χ2v) is 5.45. The Morgan fingerprint density at radius 1 is 1.16 bits per heavy atom.